The Balaban J connectivity index is 2.52. The van der Waals surface area contributed by atoms with Crippen LogP contribution in [0.4, 0.5) is 0 Å². The first-order valence-electron chi connectivity index (χ1n) is 6.33. The number of hydrogen-bond donors (Lipinski definition) is 0. The Bertz CT molecular complexity index is 594. The number of aryl methyl sites for hydroxylation is 3. The van der Waals surface area contributed by atoms with Gasteiger partial charge >= 0.3 is 5.97 Å². The third-order valence-electron chi connectivity index (χ3n) is 2.77. The zero-order valence-corrected chi connectivity index (χ0v) is 11.7. The summed E-state index contributed by atoms with van der Waals surface area (Å²) in [4.78, 5) is 11.9. The molecule has 0 radical (unpaired) electrons. The molecule has 100 valence electrons. The van der Waals surface area contributed by atoms with Crippen LogP contribution in [0.5, 0.6) is 0 Å². The molecule has 0 bridgehead atoms. The van der Waals surface area contributed by atoms with Gasteiger partial charge in [0.25, 0.3) is 0 Å². The third kappa shape index (κ3) is 2.84. The highest BCUT2D eigenvalue weighted by Crippen LogP contribution is 2.17. The fourth-order valence-electron chi connectivity index (χ4n) is 2.12. The maximum atomic E-state index is 11.9. The van der Waals surface area contributed by atoms with Gasteiger partial charge in [0.05, 0.1) is 18.0 Å². The van der Waals surface area contributed by atoms with Crippen LogP contribution in [0.2, 0.25) is 0 Å². The lowest BCUT2D eigenvalue weighted by Gasteiger charge is -2.08. The van der Waals surface area contributed by atoms with E-state index in [9.17, 15) is 4.79 Å². The van der Waals surface area contributed by atoms with Gasteiger partial charge in [-0.15, -0.1) is 0 Å². The molecule has 0 saturated carbocycles. The zero-order valence-electron chi connectivity index (χ0n) is 11.7. The average Bonchev–Trinajstić information content (AvgIpc) is 2.70. The van der Waals surface area contributed by atoms with Gasteiger partial charge in [0.15, 0.2) is 5.69 Å². The molecule has 0 amide bonds. The largest absolute Gasteiger partial charge is 0.461 e. The highest BCUT2D eigenvalue weighted by molar-refractivity contribution is 5.88. The minimum atomic E-state index is -0.345. The van der Waals surface area contributed by atoms with E-state index in [0.717, 1.165) is 22.5 Å². The van der Waals surface area contributed by atoms with Gasteiger partial charge in [0.2, 0.25) is 0 Å². The van der Waals surface area contributed by atoms with Crippen LogP contribution in [0.1, 0.15) is 34.2 Å². The van der Waals surface area contributed by atoms with Gasteiger partial charge in [0.1, 0.15) is 0 Å². The Morgan fingerprint density at radius 3 is 2.37 bits per heavy atom. The van der Waals surface area contributed by atoms with Gasteiger partial charge < -0.3 is 4.74 Å². The average molecular weight is 258 g/mol. The van der Waals surface area contributed by atoms with E-state index in [-0.39, 0.29) is 5.97 Å². The van der Waals surface area contributed by atoms with Crippen molar-refractivity contribution in [2.24, 2.45) is 0 Å². The van der Waals surface area contributed by atoms with Gasteiger partial charge in [-0.3, -0.25) is 0 Å². The summed E-state index contributed by atoms with van der Waals surface area (Å²) in [6, 6.07) is 7.84. The van der Waals surface area contributed by atoms with E-state index in [0.29, 0.717) is 12.3 Å². The van der Waals surface area contributed by atoms with Crippen LogP contribution in [-0.4, -0.2) is 22.4 Å². The van der Waals surface area contributed by atoms with Crippen LogP contribution >= 0.6 is 0 Å². The standard InChI is InChI=1S/C15H18N2O2/c1-5-19-15(18)14-9-12(4)16-17(14)13-7-10(2)6-11(3)8-13/h6-9H,5H2,1-4H3. The molecule has 4 heteroatoms. The molecule has 0 aliphatic rings. The summed E-state index contributed by atoms with van der Waals surface area (Å²) in [5.41, 5.74) is 4.41. The lowest BCUT2D eigenvalue weighted by molar-refractivity contribution is 0.0515. The van der Waals surface area contributed by atoms with Crippen molar-refractivity contribution < 1.29 is 9.53 Å². The molecule has 19 heavy (non-hydrogen) atoms. The number of nitrogens with zero attached hydrogens (tertiary/aromatic N) is 2. The van der Waals surface area contributed by atoms with E-state index in [1.165, 1.54) is 0 Å². The molecule has 2 rings (SSSR count). The van der Waals surface area contributed by atoms with E-state index in [4.69, 9.17) is 4.74 Å². The second kappa shape index (κ2) is 5.26. The van der Waals surface area contributed by atoms with Crippen molar-refractivity contribution in [3.8, 4) is 5.69 Å². The molecule has 0 saturated heterocycles. The number of carbonyl (C=O) groups excluding carboxylic acids is 1. The van der Waals surface area contributed by atoms with Crippen molar-refractivity contribution in [2.75, 3.05) is 6.61 Å². The molecule has 1 aromatic carbocycles. The number of benzene rings is 1. The minimum absolute atomic E-state index is 0.345. The molecule has 1 heterocycles. The molecular formula is C15H18N2O2. The molecule has 0 aliphatic heterocycles. The number of esters is 1. The van der Waals surface area contributed by atoms with Crippen LogP contribution in [0.3, 0.4) is 0 Å². The van der Waals surface area contributed by atoms with Gasteiger partial charge in [-0.05, 0) is 57.0 Å². The van der Waals surface area contributed by atoms with E-state index < -0.39 is 0 Å². The predicted molar refractivity (Wildman–Crippen MR) is 73.7 cm³/mol. The monoisotopic (exact) mass is 258 g/mol. The van der Waals surface area contributed by atoms with Crippen molar-refractivity contribution in [3.05, 3.63) is 46.8 Å². The van der Waals surface area contributed by atoms with Crippen molar-refractivity contribution in [2.45, 2.75) is 27.7 Å². The summed E-state index contributed by atoms with van der Waals surface area (Å²) >= 11 is 0. The summed E-state index contributed by atoms with van der Waals surface area (Å²) in [7, 11) is 0. The molecule has 0 spiro atoms. The molecule has 2 aromatic rings. The lowest BCUT2D eigenvalue weighted by Crippen LogP contribution is -2.12. The van der Waals surface area contributed by atoms with Crippen molar-refractivity contribution >= 4 is 5.97 Å². The fraction of sp³-hybridized carbons (Fsp3) is 0.333. The topological polar surface area (TPSA) is 44.1 Å². The normalized spacial score (nSPS) is 10.5. The Labute approximate surface area is 113 Å². The summed E-state index contributed by atoms with van der Waals surface area (Å²) < 4.78 is 6.71. The predicted octanol–water partition coefficient (Wildman–Crippen LogP) is 2.97. The number of carbonyl (C=O) groups is 1. The third-order valence-corrected chi connectivity index (χ3v) is 2.77. The highest BCUT2D eigenvalue weighted by atomic mass is 16.5. The van der Waals surface area contributed by atoms with Crippen molar-refractivity contribution in [1.82, 2.24) is 9.78 Å². The first kappa shape index (κ1) is 13.3. The number of aromatic nitrogens is 2. The maximum Gasteiger partial charge on any atom is 0.357 e. The van der Waals surface area contributed by atoms with Crippen molar-refractivity contribution in [3.63, 3.8) is 0 Å². The number of rotatable bonds is 3. The SMILES string of the molecule is CCOC(=O)c1cc(C)nn1-c1cc(C)cc(C)c1. The Hall–Kier alpha value is -2.10. The number of hydrogen-bond acceptors (Lipinski definition) is 3. The second-order valence-corrected chi connectivity index (χ2v) is 4.65. The smallest absolute Gasteiger partial charge is 0.357 e. The van der Waals surface area contributed by atoms with Crippen molar-refractivity contribution in [1.29, 1.82) is 0 Å². The van der Waals surface area contributed by atoms with Crippen LogP contribution in [0, 0.1) is 20.8 Å². The molecule has 0 unspecified atom stereocenters. The van der Waals surface area contributed by atoms with E-state index in [2.05, 4.69) is 11.2 Å². The quantitative estimate of drug-likeness (QED) is 0.795. The minimum Gasteiger partial charge on any atom is -0.461 e. The van der Waals surface area contributed by atoms with Crippen LogP contribution in [-0.2, 0) is 4.74 Å². The summed E-state index contributed by atoms with van der Waals surface area (Å²) in [5.74, 6) is -0.345. The maximum absolute atomic E-state index is 11.9. The summed E-state index contributed by atoms with van der Waals surface area (Å²) in [6.07, 6.45) is 0. The Kier molecular flexibility index (Phi) is 3.69. The number of ether oxygens (including phenoxy) is 1. The molecular weight excluding hydrogens is 240 g/mol. The van der Waals surface area contributed by atoms with E-state index in [1.807, 2.05) is 32.9 Å². The molecule has 0 fully saturated rings. The van der Waals surface area contributed by atoms with Gasteiger partial charge in [-0.1, -0.05) is 6.07 Å². The first-order valence-corrected chi connectivity index (χ1v) is 6.33. The molecule has 0 atom stereocenters. The van der Waals surface area contributed by atoms with E-state index >= 15 is 0 Å². The van der Waals surface area contributed by atoms with Crippen LogP contribution < -0.4 is 0 Å². The van der Waals surface area contributed by atoms with Gasteiger partial charge in [0, 0.05) is 0 Å². The lowest BCUT2D eigenvalue weighted by atomic mass is 10.1. The highest BCUT2D eigenvalue weighted by Gasteiger charge is 2.16. The molecule has 0 N–H and O–H groups in total. The fourth-order valence-corrected chi connectivity index (χ4v) is 2.12. The summed E-state index contributed by atoms with van der Waals surface area (Å²) in [5, 5.41) is 4.38. The molecule has 0 aliphatic carbocycles. The molecule has 1 aromatic heterocycles. The van der Waals surface area contributed by atoms with Gasteiger partial charge in [-0.25, -0.2) is 9.48 Å². The Morgan fingerprint density at radius 2 is 1.79 bits per heavy atom. The first-order chi connectivity index (χ1) is 9.01. The second-order valence-electron chi connectivity index (χ2n) is 4.65. The Morgan fingerprint density at radius 1 is 1.16 bits per heavy atom. The van der Waals surface area contributed by atoms with Gasteiger partial charge in [-0.2, -0.15) is 5.10 Å². The van der Waals surface area contributed by atoms with Crippen LogP contribution in [0.25, 0.3) is 5.69 Å². The molecule has 4 nitrogen and oxygen atoms in total. The zero-order chi connectivity index (χ0) is 14.0. The van der Waals surface area contributed by atoms with E-state index in [1.54, 1.807) is 17.7 Å². The van der Waals surface area contributed by atoms with Crippen LogP contribution in [0.15, 0.2) is 24.3 Å². The summed E-state index contributed by atoms with van der Waals surface area (Å²) in [6.45, 7) is 8.06.